The van der Waals surface area contributed by atoms with Crippen LogP contribution in [-0.2, 0) is 11.2 Å². The Kier molecular flexibility index (Phi) is 3.44. The van der Waals surface area contributed by atoms with Gasteiger partial charge in [-0.25, -0.2) is 0 Å². The van der Waals surface area contributed by atoms with Gasteiger partial charge in [-0.15, -0.1) is 0 Å². The van der Waals surface area contributed by atoms with Crippen molar-refractivity contribution in [1.82, 2.24) is 5.32 Å². The summed E-state index contributed by atoms with van der Waals surface area (Å²) in [6, 6.07) is 5.85. The smallest absolute Gasteiger partial charge is 0.251 e. The third-order valence-corrected chi connectivity index (χ3v) is 4.10. The Morgan fingerprint density at radius 1 is 1.25 bits per heavy atom. The molecule has 0 saturated heterocycles. The number of rotatable bonds is 2. The first-order valence-electron chi connectivity index (χ1n) is 7.11. The Bertz CT molecular complexity index is 548. The minimum absolute atomic E-state index is 0.0150. The second-order valence-corrected chi connectivity index (χ2v) is 5.68. The second-order valence-electron chi connectivity index (χ2n) is 5.68. The molecule has 4 N–H and O–H groups in total. The van der Waals surface area contributed by atoms with Crippen molar-refractivity contribution in [3.8, 4) is 0 Å². The molecular formula is C15H19N3O2. The van der Waals surface area contributed by atoms with Crippen molar-refractivity contribution in [3.05, 3.63) is 29.3 Å². The summed E-state index contributed by atoms with van der Waals surface area (Å²) in [5.74, 6) is -0.0774. The van der Waals surface area contributed by atoms with Crippen LogP contribution in [0.3, 0.4) is 0 Å². The monoisotopic (exact) mass is 273 g/mol. The fourth-order valence-electron chi connectivity index (χ4n) is 2.90. The van der Waals surface area contributed by atoms with Crippen LogP contribution in [0, 0.1) is 0 Å². The van der Waals surface area contributed by atoms with Gasteiger partial charge in [0.05, 0.1) is 6.42 Å². The van der Waals surface area contributed by atoms with Crippen molar-refractivity contribution in [2.24, 2.45) is 5.73 Å². The van der Waals surface area contributed by atoms with E-state index in [2.05, 4.69) is 10.6 Å². The Morgan fingerprint density at radius 3 is 2.75 bits per heavy atom. The summed E-state index contributed by atoms with van der Waals surface area (Å²) in [7, 11) is 0. The van der Waals surface area contributed by atoms with E-state index in [4.69, 9.17) is 5.73 Å². The summed E-state index contributed by atoms with van der Waals surface area (Å²) < 4.78 is 0. The third-order valence-electron chi connectivity index (χ3n) is 4.10. The fraction of sp³-hybridized carbons (Fsp3) is 0.467. The van der Waals surface area contributed by atoms with E-state index >= 15 is 0 Å². The van der Waals surface area contributed by atoms with Crippen LogP contribution in [0.5, 0.6) is 0 Å². The number of anilines is 1. The lowest BCUT2D eigenvalue weighted by Gasteiger charge is -2.26. The molecule has 5 nitrogen and oxygen atoms in total. The standard InChI is InChI=1S/C15H19N3O2/c16-11-2-4-12(5-3-11)17-15(20)9-1-6-13-10(7-9)8-14(19)18-13/h1,6-7,11-12H,2-5,8,16H2,(H,17,20)(H,18,19). The van der Waals surface area contributed by atoms with Gasteiger partial charge in [-0.3, -0.25) is 9.59 Å². The lowest BCUT2D eigenvalue weighted by Crippen LogP contribution is -2.40. The maximum Gasteiger partial charge on any atom is 0.251 e. The van der Waals surface area contributed by atoms with Crippen molar-refractivity contribution in [1.29, 1.82) is 0 Å². The predicted molar refractivity (Wildman–Crippen MR) is 76.5 cm³/mol. The number of carbonyl (C=O) groups excluding carboxylic acids is 2. The average molecular weight is 273 g/mol. The van der Waals surface area contributed by atoms with Gasteiger partial charge in [0.2, 0.25) is 5.91 Å². The van der Waals surface area contributed by atoms with E-state index in [0.717, 1.165) is 36.9 Å². The SMILES string of the molecule is NC1CCC(NC(=O)c2ccc3c(c2)CC(=O)N3)CC1. The van der Waals surface area contributed by atoms with Crippen molar-refractivity contribution in [3.63, 3.8) is 0 Å². The predicted octanol–water partition coefficient (Wildman–Crippen LogP) is 1.18. The summed E-state index contributed by atoms with van der Waals surface area (Å²) in [4.78, 5) is 23.5. The third kappa shape index (κ3) is 2.67. The average Bonchev–Trinajstić information content (AvgIpc) is 2.80. The number of fused-ring (bicyclic) bond motifs is 1. The molecule has 2 aliphatic rings. The van der Waals surface area contributed by atoms with Crippen molar-refractivity contribution in [2.75, 3.05) is 5.32 Å². The molecule has 1 aliphatic carbocycles. The van der Waals surface area contributed by atoms with Gasteiger partial charge < -0.3 is 16.4 Å². The molecule has 0 atom stereocenters. The molecule has 1 fully saturated rings. The maximum absolute atomic E-state index is 12.2. The van der Waals surface area contributed by atoms with Crippen LogP contribution >= 0.6 is 0 Å². The molecule has 1 saturated carbocycles. The number of hydrogen-bond donors (Lipinski definition) is 3. The van der Waals surface area contributed by atoms with Crippen LogP contribution in [0.2, 0.25) is 0 Å². The molecular weight excluding hydrogens is 254 g/mol. The first kappa shape index (κ1) is 13.1. The largest absolute Gasteiger partial charge is 0.349 e. The van der Waals surface area contributed by atoms with Gasteiger partial charge in [-0.1, -0.05) is 0 Å². The lowest BCUT2D eigenvalue weighted by molar-refractivity contribution is -0.115. The summed E-state index contributed by atoms with van der Waals surface area (Å²) in [6.45, 7) is 0. The molecule has 0 unspecified atom stereocenters. The number of hydrogen-bond acceptors (Lipinski definition) is 3. The minimum Gasteiger partial charge on any atom is -0.349 e. The van der Waals surface area contributed by atoms with Gasteiger partial charge in [0.25, 0.3) is 5.91 Å². The Balaban J connectivity index is 1.66. The van der Waals surface area contributed by atoms with Gasteiger partial charge in [0, 0.05) is 23.3 Å². The van der Waals surface area contributed by atoms with E-state index in [1.165, 1.54) is 0 Å². The highest BCUT2D eigenvalue weighted by Crippen LogP contribution is 2.24. The zero-order valence-electron chi connectivity index (χ0n) is 11.3. The van der Waals surface area contributed by atoms with E-state index in [-0.39, 0.29) is 23.9 Å². The van der Waals surface area contributed by atoms with Crippen LogP contribution in [-0.4, -0.2) is 23.9 Å². The maximum atomic E-state index is 12.2. The lowest BCUT2D eigenvalue weighted by atomic mass is 9.91. The molecule has 1 heterocycles. The first-order chi connectivity index (χ1) is 9.61. The Hall–Kier alpha value is -1.88. The first-order valence-corrected chi connectivity index (χ1v) is 7.11. The molecule has 2 amide bonds. The van der Waals surface area contributed by atoms with Crippen LogP contribution in [0.25, 0.3) is 0 Å². The highest BCUT2D eigenvalue weighted by Gasteiger charge is 2.22. The topological polar surface area (TPSA) is 84.2 Å². The van der Waals surface area contributed by atoms with Gasteiger partial charge in [0.1, 0.15) is 0 Å². The number of amides is 2. The fourth-order valence-corrected chi connectivity index (χ4v) is 2.90. The van der Waals surface area contributed by atoms with E-state index in [1.54, 1.807) is 18.2 Å². The summed E-state index contributed by atoms with van der Waals surface area (Å²) >= 11 is 0. The van der Waals surface area contributed by atoms with Crippen LogP contribution in [0.4, 0.5) is 5.69 Å². The summed E-state index contributed by atoms with van der Waals surface area (Å²) in [5, 5.41) is 5.82. The number of carbonyl (C=O) groups is 2. The minimum atomic E-state index is -0.0624. The molecule has 20 heavy (non-hydrogen) atoms. The highest BCUT2D eigenvalue weighted by molar-refractivity contribution is 6.01. The number of benzene rings is 1. The van der Waals surface area contributed by atoms with E-state index in [0.29, 0.717) is 12.0 Å². The van der Waals surface area contributed by atoms with E-state index in [1.807, 2.05) is 0 Å². The van der Waals surface area contributed by atoms with Gasteiger partial charge in [-0.2, -0.15) is 0 Å². The molecule has 1 aliphatic heterocycles. The van der Waals surface area contributed by atoms with E-state index < -0.39 is 0 Å². The molecule has 5 heteroatoms. The molecule has 0 aromatic heterocycles. The molecule has 106 valence electrons. The zero-order valence-corrected chi connectivity index (χ0v) is 11.3. The summed E-state index contributed by atoms with van der Waals surface area (Å²) in [5.41, 5.74) is 8.19. The normalized spacial score (nSPS) is 24.9. The summed E-state index contributed by atoms with van der Waals surface area (Å²) in [6.07, 6.45) is 4.17. The molecule has 1 aromatic carbocycles. The highest BCUT2D eigenvalue weighted by atomic mass is 16.2. The zero-order chi connectivity index (χ0) is 14.1. The van der Waals surface area contributed by atoms with Gasteiger partial charge in [0.15, 0.2) is 0 Å². The Labute approximate surface area is 117 Å². The van der Waals surface area contributed by atoms with Crippen molar-refractivity contribution >= 4 is 17.5 Å². The number of nitrogens with two attached hydrogens (primary N) is 1. The second kappa shape index (κ2) is 5.25. The Morgan fingerprint density at radius 2 is 2.00 bits per heavy atom. The van der Waals surface area contributed by atoms with E-state index in [9.17, 15) is 9.59 Å². The van der Waals surface area contributed by atoms with Gasteiger partial charge >= 0.3 is 0 Å². The number of nitrogens with one attached hydrogen (secondary N) is 2. The molecule has 0 spiro atoms. The van der Waals surface area contributed by atoms with Crippen LogP contribution in [0.15, 0.2) is 18.2 Å². The molecule has 0 bridgehead atoms. The van der Waals surface area contributed by atoms with Crippen molar-refractivity contribution < 1.29 is 9.59 Å². The van der Waals surface area contributed by atoms with Crippen LogP contribution < -0.4 is 16.4 Å². The van der Waals surface area contributed by atoms with Gasteiger partial charge in [-0.05, 0) is 49.4 Å². The van der Waals surface area contributed by atoms with Crippen LogP contribution in [0.1, 0.15) is 41.6 Å². The molecule has 0 radical (unpaired) electrons. The molecule has 1 aromatic rings. The quantitative estimate of drug-likeness (QED) is 0.756. The van der Waals surface area contributed by atoms with Crippen molar-refractivity contribution in [2.45, 2.75) is 44.2 Å². The molecule has 3 rings (SSSR count).